The van der Waals surface area contributed by atoms with Crippen LogP contribution in [0.3, 0.4) is 0 Å². The lowest BCUT2D eigenvalue weighted by atomic mass is 10.1. The van der Waals surface area contributed by atoms with Gasteiger partial charge in [0.25, 0.3) is 23.6 Å². The molecule has 0 saturated carbocycles. The van der Waals surface area contributed by atoms with Gasteiger partial charge in [-0.2, -0.15) is 17.2 Å². The highest BCUT2D eigenvalue weighted by Gasteiger charge is 2.27. The molecule has 0 aliphatic heterocycles. The van der Waals surface area contributed by atoms with Crippen molar-refractivity contribution in [2.75, 3.05) is 102 Å². The minimum atomic E-state index is -3.93. The van der Waals surface area contributed by atoms with Crippen molar-refractivity contribution in [2.24, 2.45) is 0 Å². The molecule has 8 rings (SSSR count). The molecule has 0 saturated heterocycles. The van der Waals surface area contributed by atoms with Crippen LogP contribution >= 0.6 is 0 Å². The van der Waals surface area contributed by atoms with Gasteiger partial charge in [0.1, 0.15) is 17.5 Å². The van der Waals surface area contributed by atoms with E-state index in [0.717, 1.165) is 41.5 Å². The van der Waals surface area contributed by atoms with Gasteiger partial charge in [0.2, 0.25) is 52.3 Å². The second kappa shape index (κ2) is 39.0. The number of anilines is 4. The number of benzene rings is 8. The Bertz CT molecular complexity index is 5020. The first kappa shape index (κ1) is 85.3. The number of amides is 4. The van der Waals surface area contributed by atoms with Crippen LogP contribution in [0.5, 0.6) is 0 Å². The van der Waals surface area contributed by atoms with Crippen LogP contribution in [0, 0.1) is 48.0 Å². The Balaban J connectivity index is 0.000000251. The molecule has 0 aliphatic carbocycles. The summed E-state index contributed by atoms with van der Waals surface area (Å²) in [6.07, 6.45) is 0. The zero-order valence-corrected chi connectivity index (χ0v) is 59.1. The summed E-state index contributed by atoms with van der Waals surface area (Å²) in [5, 5.41) is 54.4. The summed E-state index contributed by atoms with van der Waals surface area (Å²) in [4.78, 5) is 55.0. The molecular formula is C68H68F6N10O17S4. The highest BCUT2D eigenvalue weighted by molar-refractivity contribution is 7.90. The first-order chi connectivity index (χ1) is 49.5. The Hall–Kier alpha value is -10.4. The molecule has 0 spiro atoms. The van der Waals surface area contributed by atoms with Crippen LogP contribution in [-0.2, 0) is 53.2 Å². The lowest BCUT2D eigenvalue weighted by Gasteiger charge is -2.16. The SMILES string of the molecule is CN(CCO)S(=O)(=O)c1cccc(C(=O)Nc2cc(F)c(F)c(F)c2)c1.CN(CCO)S(=O)(=O)c1cccc(C(=O)Nc2ccc(F)c(CO)c2)c1.[C-]#[N+]Cc1cc(NC(=O)c2cccc(S(=O)(=O)N(C)CCO)c2)ccc1F.[C-]#[N+]c1cc(NC(=O)c2cccc(S(=O)(=O)N(C)CCO)c2)ccc1F. The largest absolute Gasteiger partial charge is 0.395 e. The maximum atomic E-state index is 13.6. The molecule has 0 bridgehead atoms. The number of aliphatic hydroxyl groups excluding tert-OH is 5. The smallest absolute Gasteiger partial charge is 0.255 e. The van der Waals surface area contributed by atoms with Crippen LogP contribution in [0.1, 0.15) is 52.6 Å². The van der Waals surface area contributed by atoms with Gasteiger partial charge in [0.05, 0.1) is 64.8 Å². The molecule has 0 aromatic heterocycles. The number of carbonyl (C=O) groups is 4. The Morgan fingerprint density at radius 3 is 0.952 bits per heavy atom. The molecule has 9 N–H and O–H groups in total. The Morgan fingerprint density at radius 1 is 0.371 bits per heavy atom. The molecule has 0 atom stereocenters. The van der Waals surface area contributed by atoms with Crippen molar-refractivity contribution in [2.45, 2.75) is 32.7 Å². The fourth-order valence-corrected chi connectivity index (χ4v) is 13.5. The highest BCUT2D eigenvalue weighted by Crippen LogP contribution is 2.27. The van der Waals surface area contributed by atoms with Crippen LogP contribution in [0.4, 0.5) is 54.8 Å². The van der Waals surface area contributed by atoms with Gasteiger partial charge in [-0.15, -0.1) is 0 Å². The second-order valence-corrected chi connectivity index (χ2v) is 29.9. The topological polar surface area (TPSA) is 376 Å². The van der Waals surface area contributed by atoms with Crippen LogP contribution < -0.4 is 21.3 Å². The fourth-order valence-electron chi connectivity index (χ4n) is 8.70. The molecule has 0 unspecified atom stereocenters. The first-order valence-electron chi connectivity index (χ1n) is 30.3. The van der Waals surface area contributed by atoms with Crippen molar-refractivity contribution in [1.82, 2.24) is 17.2 Å². The molecule has 27 nitrogen and oxygen atoms in total. The number of likely N-dealkylation sites (N-methyl/N-ethyl adjacent to an activating group) is 4. The van der Waals surface area contributed by atoms with Gasteiger partial charge >= 0.3 is 0 Å². The molecule has 8 aromatic carbocycles. The number of hydrogen-bond acceptors (Lipinski definition) is 17. The number of nitrogens with one attached hydrogen (secondary N) is 4. The molecule has 37 heteroatoms. The molecule has 4 amide bonds. The van der Waals surface area contributed by atoms with E-state index in [9.17, 15) is 79.2 Å². The van der Waals surface area contributed by atoms with Crippen molar-refractivity contribution in [1.29, 1.82) is 0 Å². The maximum Gasteiger partial charge on any atom is 0.255 e. The van der Waals surface area contributed by atoms with E-state index >= 15 is 0 Å². The summed E-state index contributed by atoms with van der Waals surface area (Å²) < 4.78 is 183. The third-order valence-electron chi connectivity index (χ3n) is 14.5. The zero-order chi connectivity index (χ0) is 78.1. The number of sulfonamides is 4. The molecule has 0 radical (unpaired) electrons. The van der Waals surface area contributed by atoms with Gasteiger partial charge in [-0.25, -0.2) is 71.4 Å². The maximum absolute atomic E-state index is 13.6. The Kier molecular flexibility index (Phi) is 31.6. The quantitative estimate of drug-likeness (QED) is 0.0144. The third-order valence-corrected chi connectivity index (χ3v) is 21.9. The van der Waals surface area contributed by atoms with E-state index in [4.69, 9.17) is 38.7 Å². The summed E-state index contributed by atoms with van der Waals surface area (Å²) in [7, 11) is -10.2. The fraction of sp³-hybridized carbons (Fsp3) is 0.206. The van der Waals surface area contributed by atoms with Crippen molar-refractivity contribution < 1.29 is 105 Å². The minimum absolute atomic E-state index is 0.0322. The number of halogens is 6. The lowest BCUT2D eigenvalue weighted by Crippen LogP contribution is -2.29. The number of rotatable bonds is 26. The Morgan fingerprint density at radius 2 is 0.657 bits per heavy atom. The first-order valence-corrected chi connectivity index (χ1v) is 36.1. The van der Waals surface area contributed by atoms with Crippen molar-refractivity contribution in [3.8, 4) is 0 Å². The monoisotopic (exact) mass is 1540 g/mol. The van der Waals surface area contributed by atoms with Gasteiger partial charge in [-0.05, 0) is 127 Å². The minimum Gasteiger partial charge on any atom is -0.395 e. The van der Waals surface area contributed by atoms with Crippen LogP contribution in [-0.4, -0.2) is 181 Å². The Labute approximate surface area is 600 Å². The van der Waals surface area contributed by atoms with Crippen molar-refractivity contribution >= 4 is 92.2 Å². The van der Waals surface area contributed by atoms with E-state index in [-0.39, 0.29) is 135 Å². The van der Waals surface area contributed by atoms with Gasteiger partial charge in [-0.3, -0.25) is 19.2 Å². The summed E-state index contributed by atoms with van der Waals surface area (Å²) in [5.74, 6) is -9.02. The van der Waals surface area contributed by atoms with Crippen LogP contribution in [0.25, 0.3) is 9.69 Å². The third kappa shape index (κ3) is 23.3. The normalized spacial score (nSPS) is 11.4. The summed E-state index contributed by atoms with van der Waals surface area (Å²) in [6.45, 7) is 11.3. The van der Waals surface area contributed by atoms with Gasteiger partial charge in [0, 0.05) is 117 Å². The zero-order valence-electron chi connectivity index (χ0n) is 55.9. The molecule has 8 aromatic rings. The average molecular weight is 1540 g/mol. The molecule has 105 heavy (non-hydrogen) atoms. The van der Waals surface area contributed by atoms with E-state index in [1.807, 2.05) is 0 Å². The molecule has 558 valence electrons. The predicted molar refractivity (Wildman–Crippen MR) is 373 cm³/mol. The van der Waals surface area contributed by atoms with E-state index in [1.54, 1.807) is 0 Å². The van der Waals surface area contributed by atoms with E-state index in [0.29, 0.717) is 17.8 Å². The van der Waals surface area contributed by atoms with Crippen LogP contribution in [0.15, 0.2) is 183 Å². The number of hydrogen-bond donors (Lipinski definition) is 9. The van der Waals surface area contributed by atoms with Crippen molar-refractivity contribution in [3.63, 3.8) is 0 Å². The molecular weight excluding hydrogens is 1470 g/mol. The van der Waals surface area contributed by atoms with Crippen LogP contribution in [0.2, 0.25) is 0 Å². The number of aliphatic hydroxyl groups is 5. The molecule has 0 fully saturated rings. The van der Waals surface area contributed by atoms with Crippen molar-refractivity contribution in [3.05, 3.63) is 255 Å². The van der Waals surface area contributed by atoms with E-state index in [2.05, 4.69) is 31.0 Å². The second-order valence-electron chi connectivity index (χ2n) is 21.7. The number of nitrogens with zero attached hydrogens (tertiary/aromatic N) is 6. The van der Waals surface area contributed by atoms with Gasteiger partial charge in [-0.1, -0.05) is 24.3 Å². The van der Waals surface area contributed by atoms with E-state index in [1.165, 1.54) is 156 Å². The lowest BCUT2D eigenvalue weighted by molar-refractivity contribution is 0.101. The molecule has 0 heterocycles. The summed E-state index contributed by atoms with van der Waals surface area (Å²) >= 11 is 0. The standard InChI is InChI=1S/C18H18FN3O4S.C17H16FN3O4S.C17H19FN2O5S.C16H15F3N2O4S/c1-20-12-14-10-15(6-7-17(14)19)21-18(24)13-4-3-5-16(11-13)27(25,26)22(2)8-9-23;1-19-16-11-13(6-7-15(16)18)20-17(23)12-4-3-5-14(10-12)26(24,25)21(2)8-9-22;1-20(7-8-21)26(24,25)15-4-2-3-12(10-15)17(23)19-14-5-6-16(18)13(9-14)11-22;1-21(5-6-22)26(24,25)12-4-2-3-10(7-12)16(23)20-11-8-13(17)15(19)14(18)9-11/h3-7,10-11,23H,8-9,12H2,2H3,(H,21,24);3-7,10-11,22H,8-9H2,2H3,(H,20,23);2-6,9-10,21-22H,7-8,11H2,1H3,(H,19,23);2-4,7-9,22H,5-6H2,1H3,(H,20,23). The average Bonchev–Trinajstić information content (AvgIpc) is 0.834. The van der Waals surface area contributed by atoms with Gasteiger partial charge in [0.15, 0.2) is 17.5 Å². The summed E-state index contributed by atoms with van der Waals surface area (Å²) in [5.41, 5.74) is 0.606. The van der Waals surface area contributed by atoms with Gasteiger partial charge < -0.3 is 51.6 Å². The van der Waals surface area contributed by atoms with E-state index < -0.39 is 105 Å². The highest BCUT2D eigenvalue weighted by atomic mass is 32.2. The molecule has 0 aliphatic rings. The number of carbonyl (C=O) groups excluding carboxylic acids is 4. The summed E-state index contributed by atoms with van der Waals surface area (Å²) in [6, 6.07) is 33.6. The predicted octanol–water partition coefficient (Wildman–Crippen LogP) is 7.50.